The van der Waals surface area contributed by atoms with E-state index < -0.39 is 18.8 Å². The van der Waals surface area contributed by atoms with Crippen LogP contribution in [0.5, 0.6) is 5.75 Å². The van der Waals surface area contributed by atoms with E-state index in [0.717, 1.165) is 5.56 Å². The van der Waals surface area contributed by atoms with E-state index in [2.05, 4.69) is 0 Å². The Labute approximate surface area is 117 Å². The van der Waals surface area contributed by atoms with Crippen molar-refractivity contribution in [2.45, 2.75) is 32.1 Å². The van der Waals surface area contributed by atoms with Crippen LogP contribution in [0.2, 0.25) is 0 Å². The highest BCUT2D eigenvalue weighted by molar-refractivity contribution is 5.30. The molecule has 0 amide bonds. The van der Waals surface area contributed by atoms with E-state index in [-0.39, 0.29) is 12.6 Å². The summed E-state index contributed by atoms with van der Waals surface area (Å²) in [5, 5.41) is 0. The lowest BCUT2D eigenvalue weighted by Gasteiger charge is -2.30. The van der Waals surface area contributed by atoms with Crippen LogP contribution < -0.4 is 10.5 Å². The molecule has 1 unspecified atom stereocenters. The van der Waals surface area contributed by atoms with Gasteiger partial charge in [-0.1, -0.05) is 12.1 Å². The Kier molecular flexibility index (Phi) is 5.83. The maximum atomic E-state index is 12.5. The average molecular weight is 290 g/mol. The summed E-state index contributed by atoms with van der Waals surface area (Å²) in [4.78, 5) is 1.32. The Morgan fingerprint density at radius 2 is 1.95 bits per heavy atom. The number of methoxy groups -OCH3 is 1. The number of hydrogen-bond acceptors (Lipinski definition) is 3. The summed E-state index contributed by atoms with van der Waals surface area (Å²) in [5.74, 6) is 0.643. The Balaban J connectivity index is 2.77. The van der Waals surface area contributed by atoms with E-state index in [9.17, 15) is 13.2 Å². The van der Waals surface area contributed by atoms with Crippen molar-refractivity contribution in [3.63, 3.8) is 0 Å². The highest BCUT2D eigenvalue weighted by atomic mass is 19.4. The van der Waals surface area contributed by atoms with Crippen molar-refractivity contribution >= 4 is 0 Å². The van der Waals surface area contributed by atoms with Crippen molar-refractivity contribution in [2.24, 2.45) is 5.73 Å². The highest BCUT2D eigenvalue weighted by Gasteiger charge is 2.32. The molecule has 6 heteroatoms. The van der Waals surface area contributed by atoms with Gasteiger partial charge in [0.15, 0.2) is 0 Å². The summed E-state index contributed by atoms with van der Waals surface area (Å²) in [7, 11) is 1.54. The fraction of sp³-hybridized carbons (Fsp3) is 0.571. The second-order valence-corrected chi connectivity index (χ2v) is 5.02. The predicted molar refractivity (Wildman–Crippen MR) is 72.7 cm³/mol. The fourth-order valence-electron chi connectivity index (χ4n) is 1.92. The Bertz CT molecular complexity index is 421. The first-order valence-electron chi connectivity index (χ1n) is 6.43. The van der Waals surface area contributed by atoms with Crippen molar-refractivity contribution in [1.82, 2.24) is 4.90 Å². The number of rotatable bonds is 6. The van der Waals surface area contributed by atoms with Crippen molar-refractivity contribution < 1.29 is 17.9 Å². The molecule has 0 aromatic heterocycles. The monoisotopic (exact) mass is 290 g/mol. The number of ether oxygens (including phenoxy) is 1. The average Bonchev–Trinajstić information content (AvgIpc) is 2.36. The van der Waals surface area contributed by atoms with Gasteiger partial charge in [-0.25, -0.2) is 0 Å². The van der Waals surface area contributed by atoms with Gasteiger partial charge >= 0.3 is 6.18 Å². The zero-order valence-electron chi connectivity index (χ0n) is 11.9. The molecule has 1 aromatic rings. The smallest absolute Gasteiger partial charge is 0.401 e. The molecule has 20 heavy (non-hydrogen) atoms. The first-order chi connectivity index (χ1) is 9.23. The second kappa shape index (κ2) is 6.95. The SMILES string of the molecule is COc1cccc(C(N)CN(CC(F)(F)F)C(C)C)c1. The third-order valence-corrected chi connectivity index (χ3v) is 3.07. The molecule has 0 fully saturated rings. The zero-order chi connectivity index (χ0) is 15.3. The lowest BCUT2D eigenvalue weighted by atomic mass is 10.1. The van der Waals surface area contributed by atoms with Gasteiger partial charge in [0, 0.05) is 18.6 Å². The molecule has 0 aliphatic rings. The van der Waals surface area contributed by atoms with Gasteiger partial charge in [0.1, 0.15) is 5.75 Å². The van der Waals surface area contributed by atoms with E-state index in [1.807, 2.05) is 0 Å². The summed E-state index contributed by atoms with van der Waals surface area (Å²) in [5.41, 5.74) is 6.77. The standard InChI is InChI=1S/C14H21F3N2O/c1-10(2)19(9-14(15,16)17)8-13(18)11-5-4-6-12(7-11)20-3/h4-7,10,13H,8-9,18H2,1-3H3. The predicted octanol–water partition coefficient (Wildman–Crippen LogP) is 2.97. The minimum atomic E-state index is -4.22. The van der Waals surface area contributed by atoms with Crippen molar-refractivity contribution in [1.29, 1.82) is 0 Å². The van der Waals surface area contributed by atoms with Crippen LogP contribution in [0.1, 0.15) is 25.5 Å². The molecule has 0 radical (unpaired) electrons. The van der Waals surface area contributed by atoms with Crippen LogP contribution >= 0.6 is 0 Å². The third-order valence-electron chi connectivity index (χ3n) is 3.07. The maximum Gasteiger partial charge on any atom is 0.401 e. The topological polar surface area (TPSA) is 38.5 Å². The van der Waals surface area contributed by atoms with Gasteiger partial charge in [0.25, 0.3) is 0 Å². The number of hydrogen-bond donors (Lipinski definition) is 1. The molecular formula is C14H21F3N2O. The van der Waals surface area contributed by atoms with Crippen LogP contribution in [0.3, 0.4) is 0 Å². The van der Waals surface area contributed by atoms with Crippen molar-refractivity contribution in [3.8, 4) is 5.75 Å². The van der Waals surface area contributed by atoms with Crippen LogP contribution in [0, 0.1) is 0 Å². The normalized spacial score (nSPS) is 13.8. The number of alkyl halides is 3. The minimum Gasteiger partial charge on any atom is -0.497 e. The van der Waals surface area contributed by atoms with Crippen LogP contribution in [-0.2, 0) is 0 Å². The third kappa shape index (κ3) is 5.38. The Hall–Kier alpha value is -1.27. The van der Waals surface area contributed by atoms with Crippen LogP contribution in [0.15, 0.2) is 24.3 Å². The molecule has 0 bridgehead atoms. The second-order valence-electron chi connectivity index (χ2n) is 5.02. The van der Waals surface area contributed by atoms with Gasteiger partial charge in [-0.15, -0.1) is 0 Å². The van der Waals surface area contributed by atoms with Crippen molar-refractivity contribution in [3.05, 3.63) is 29.8 Å². The van der Waals surface area contributed by atoms with Gasteiger partial charge < -0.3 is 10.5 Å². The lowest BCUT2D eigenvalue weighted by Crippen LogP contribution is -2.42. The molecule has 2 N–H and O–H groups in total. The molecular weight excluding hydrogens is 269 g/mol. The van der Waals surface area contributed by atoms with Gasteiger partial charge in [0.2, 0.25) is 0 Å². The lowest BCUT2D eigenvalue weighted by molar-refractivity contribution is -0.150. The molecule has 0 saturated carbocycles. The molecule has 1 atom stereocenters. The summed E-state index contributed by atoms with van der Waals surface area (Å²) >= 11 is 0. The fourth-order valence-corrected chi connectivity index (χ4v) is 1.92. The molecule has 1 aromatic carbocycles. The molecule has 0 saturated heterocycles. The number of benzene rings is 1. The first-order valence-corrected chi connectivity index (χ1v) is 6.43. The molecule has 0 spiro atoms. The number of halogens is 3. The van der Waals surface area contributed by atoms with E-state index >= 15 is 0 Å². The maximum absolute atomic E-state index is 12.5. The summed E-state index contributed by atoms with van der Waals surface area (Å²) in [6, 6.07) is 6.36. The molecule has 1 rings (SSSR count). The van der Waals surface area contributed by atoms with Crippen LogP contribution in [-0.4, -0.2) is 37.3 Å². The molecule has 114 valence electrons. The van der Waals surface area contributed by atoms with Crippen LogP contribution in [0.25, 0.3) is 0 Å². The van der Waals surface area contributed by atoms with Gasteiger partial charge in [-0.05, 0) is 31.5 Å². The summed E-state index contributed by atoms with van der Waals surface area (Å²) in [6.45, 7) is 2.64. The Morgan fingerprint density at radius 1 is 1.30 bits per heavy atom. The highest BCUT2D eigenvalue weighted by Crippen LogP contribution is 2.22. The van der Waals surface area contributed by atoms with E-state index in [1.165, 1.54) is 12.0 Å². The van der Waals surface area contributed by atoms with E-state index in [4.69, 9.17) is 10.5 Å². The number of nitrogens with two attached hydrogens (primary N) is 1. The quantitative estimate of drug-likeness (QED) is 0.875. The van der Waals surface area contributed by atoms with Gasteiger partial charge in [-0.2, -0.15) is 13.2 Å². The first kappa shape index (κ1) is 16.8. The molecule has 0 aliphatic carbocycles. The molecule has 0 aliphatic heterocycles. The van der Waals surface area contributed by atoms with E-state index in [1.54, 1.807) is 38.1 Å². The summed E-state index contributed by atoms with van der Waals surface area (Å²) in [6.07, 6.45) is -4.22. The Morgan fingerprint density at radius 3 is 2.45 bits per heavy atom. The molecule has 3 nitrogen and oxygen atoms in total. The number of nitrogens with zero attached hydrogens (tertiary/aromatic N) is 1. The largest absolute Gasteiger partial charge is 0.497 e. The van der Waals surface area contributed by atoms with E-state index in [0.29, 0.717) is 5.75 Å². The minimum absolute atomic E-state index is 0.143. The molecule has 0 heterocycles. The van der Waals surface area contributed by atoms with Crippen molar-refractivity contribution in [2.75, 3.05) is 20.2 Å². The van der Waals surface area contributed by atoms with Gasteiger partial charge in [-0.3, -0.25) is 4.90 Å². The van der Waals surface area contributed by atoms with Gasteiger partial charge in [0.05, 0.1) is 13.7 Å². The summed E-state index contributed by atoms with van der Waals surface area (Å²) < 4.78 is 42.7. The zero-order valence-corrected chi connectivity index (χ0v) is 11.9. The van der Waals surface area contributed by atoms with Crippen LogP contribution in [0.4, 0.5) is 13.2 Å².